The Balaban J connectivity index is 2.23. The minimum atomic E-state index is -0.361. The van der Waals surface area contributed by atoms with E-state index < -0.39 is 0 Å². The van der Waals surface area contributed by atoms with Crippen molar-refractivity contribution in [2.24, 2.45) is 0 Å². The number of ether oxygens (including phenoxy) is 1. The van der Waals surface area contributed by atoms with E-state index in [-0.39, 0.29) is 5.91 Å². The van der Waals surface area contributed by atoms with Gasteiger partial charge in [0.25, 0.3) is 5.91 Å². The van der Waals surface area contributed by atoms with Crippen molar-refractivity contribution in [1.29, 1.82) is 0 Å². The van der Waals surface area contributed by atoms with E-state index in [1.807, 2.05) is 0 Å². The maximum absolute atomic E-state index is 12.0. The van der Waals surface area contributed by atoms with E-state index in [0.717, 1.165) is 0 Å². The molecule has 0 radical (unpaired) electrons. The Labute approximate surface area is 104 Å². The predicted octanol–water partition coefficient (Wildman–Crippen LogP) is 1.83. The fourth-order valence-corrected chi connectivity index (χ4v) is 1.47. The topological polar surface area (TPSA) is 90.4 Å². The fourth-order valence-electron chi connectivity index (χ4n) is 1.47. The number of nitrogen functional groups attached to an aromatic ring is 1. The number of methoxy groups -OCH3 is 1. The van der Waals surface area contributed by atoms with Crippen molar-refractivity contribution in [2.75, 3.05) is 18.2 Å². The first-order chi connectivity index (χ1) is 8.60. The number of carbonyl (C=O) groups excluding carboxylic acids is 1. The van der Waals surface area contributed by atoms with Crippen LogP contribution < -0.4 is 15.8 Å². The zero-order valence-corrected chi connectivity index (χ0v) is 10.1. The van der Waals surface area contributed by atoms with Crippen LogP contribution in [0.15, 0.2) is 28.8 Å². The summed E-state index contributed by atoms with van der Waals surface area (Å²) in [6.45, 7) is 1.74. The smallest absolute Gasteiger partial charge is 0.259 e. The molecule has 0 unspecified atom stereocenters. The van der Waals surface area contributed by atoms with Crippen LogP contribution in [0, 0.1) is 6.92 Å². The molecule has 0 aliphatic heterocycles. The Morgan fingerprint density at radius 3 is 2.83 bits per heavy atom. The Hall–Kier alpha value is -2.50. The molecule has 0 aliphatic rings. The Kier molecular flexibility index (Phi) is 3.18. The summed E-state index contributed by atoms with van der Waals surface area (Å²) in [4.78, 5) is 12.0. The van der Waals surface area contributed by atoms with Gasteiger partial charge in [-0.1, -0.05) is 5.16 Å². The number of nitrogens with zero attached hydrogens (tertiary/aromatic N) is 1. The van der Waals surface area contributed by atoms with Crippen LogP contribution in [0.4, 0.5) is 11.5 Å². The van der Waals surface area contributed by atoms with Gasteiger partial charge in [-0.3, -0.25) is 4.79 Å². The highest BCUT2D eigenvalue weighted by Gasteiger charge is 2.13. The molecule has 6 heteroatoms. The normalized spacial score (nSPS) is 10.1. The molecule has 2 rings (SSSR count). The van der Waals surface area contributed by atoms with Crippen LogP contribution in [0.5, 0.6) is 5.75 Å². The van der Waals surface area contributed by atoms with Gasteiger partial charge in [0.2, 0.25) is 0 Å². The van der Waals surface area contributed by atoms with Crippen LogP contribution >= 0.6 is 0 Å². The first-order valence-electron chi connectivity index (χ1n) is 5.28. The monoisotopic (exact) mass is 247 g/mol. The van der Waals surface area contributed by atoms with Gasteiger partial charge in [0, 0.05) is 11.8 Å². The molecule has 0 aliphatic carbocycles. The van der Waals surface area contributed by atoms with Crippen molar-refractivity contribution < 1.29 is 14.1 Å². The SMILES string of the molecule is COc1ccc(N)c(C(=O)Nc2cc(C)on2)c1. The largest absolute Gasteiger partial charge is 0.497 e. The molecule has 0 fully saturated rings. The summed E-state index contributed by atoms with van der Waals surface area (Å²) in [5.74, 6) is 1.16. The summed E-state index contributed by atoms with van der Waals surface area (Å²) in [6, 6.07) is 6.49. The Morgan fingerprint density at radius 2 is 2.22 bits per heavy atom. The van der Waals surface area contributed by atoms with Crippen molar-refractivity contribution in [3.05, 3.63) is 35.6 Å². The van der Waals surface area contributed by atoms with Gasteiger partial charge in [-0.2, -0.15) is 0 Å². The number of nitrogens with one attached hydrogen (secondary N) is 1. The van der Waals surface area contributed by atoms with Crippen LogP contribution in [-0.4, -0.2) is 18.2 Å². The molecule has 3 N–H and O–H groups in total. The van der Waals surface area contributed by atoms with E-state index in [9.17, 15) is 4.79 Å². The lowest BCUT2D eigenvalue weighted by atomic mass is 10.1. The fraction of sp³-hybridized carbons (Fsp3) is 0.167. The lowest BCUT2D eigenvalue weighted by Crippen LogP contribution is -2.14. The Bertz CT molecular complexity index is 578. The first-order valence-corrected chi connectivity index (χ1v) is 5.28. The van der Waals surface area contributed by atoms with Gasteiger partial charge >= 0.3 is 0 Å². The van der Waals surface area contributed by atoms with Crippen molar-refractivity contribution in [3.63, 3.8) is 0 Å². The van der Waals surface area contributed by atoms with Crippen LogP contribution in [0.3, 0.4) is 0 Å². The molecule has 1 aromatic heterocycles. The molecule has 0 spiro atoms. The van der Waals surface area contributed by atoms with E-state index in [0.29, 0.717) is 28.6 Å². The van der Waals surface area contributed by atoms with E-state index in [2.05, 4.69) is 10.5 Å². The number of benzene rings is 1. The molecular weight excluding hydrogens is 234 g/mol. The van der Waals surface area contributed by atoms with Gasteiger partial charge in [-0.05, 0) is 25.1 Å². The highest BCUT2D eigenvalue weighted by molar-refractivity contribution is 6.07. The lowest BCUT2D eigenvalue weighted by Gasteiger charge is -2.07. The molecule has 1 amide bonds. The van der Waals surface area contributed by atoms with Crippen molar-refractivity contribution in [1.82, 2.24) is 5.16 Å². The number of anilines is 2. The molecule has 0 atom stereocenters. The van der Waals surface area contributed by atoms with Crippen LogP contribution in [0.2, 0.25) is 0 Å². The van der Waals surface area contributed by atoms with Crippen molar-refractivity contribution in [2.45, 2.75) is 6.92 Å². The van der Waals surface area contributed by atoms with Crippen molar-refractivity contribution >= 4 is 17.4 Å². The average Bonchev–Trinajstić information content (AvgIpc) is 2.75. The Morgan fingerprint density at radius 1 is 1.44 bits per heavy atom. The number of aromatic nitrogens is 1. The standard InChI is InChI=1S/C12H13N3O3/c1-7-5-11(15-18-7)14-12(16)9-6-8(17-2)3-4-10(9)13/h3-6H,13H2,1-2H3,(H,14,15,16). The van der Waals surface area contributed by atoms with E-state index in [4.69, 9.17) is 15.0 Å². The number of nitrogens with two attached hydrogens (primary N) is 1. The molecule has 1 aromatic carbocycles. The third-order valence-corrected chi connectivity index (χ3v) is 2.37. The third kappa shape index (κ3) is 2.42. The zero-order valence-electron chi connectivity index (χ0n) is 10.1. The molecular formula is C12H13N3O3. The highest BCUT2D eigenvalue weighted by atomic mass is 16.5. The van der Waals surface area contributed by atoms with Gasteiger partial charge in [-0.15, -0.1) is 0 Å². The van der Waals surface area contributed by atoms with Gasteiger partial charge in [0.05, 0.1) is 12.7 Å². The average molecular weight is 247 g/mol. The quantitative estimate of drug-likeness (QED) is 0.807. The predicted molar refractivity (Wildman–Crippen MR) is 66.6 cm³/mol. The molecule has 6 nitrogen and oxygen atoms in total. The summed E-state index contributed by atoms with van der Waals surface area (Å²) in [5.41, 5.74) is 6.44. The maximum atomic E-state index is 12.0. The van der Waals surface area contributed by atoms with E-state index in [1.54, 1.807) is 31.2 Å². The molecule has 0 saturated carbocycles. The van der Waals surface area contributed by atoms with E-state index in [1.165, 1.54) is 7.11 Å². The number of hydrogen-bond donors (Lipinski definition) is 2. The van der Waals surface area contributed by atoms with Gasteiger partial charge in [0.15, 0.2) is 5.82 Å². The number of aryl methyl sites for hydroxylation is 1. The summed E-state index contributed by atoms with van der Waals surface area (Å²) in [5, 5.41) is 6.27. The number of rotatable bonds is 3. The van der Waals surface area contributed by atoms with Crippen LogP contribution in [-0.2, 0) is 0 Å². The lowest BCUT2D eigenvalue weighted by molar-refractivity contribution is 0.102. The second-order valence-corrected chi connectivity index (χ2v) is 3.73. The van der Waals surface area contributed by atoms with Gasteiger partial charge < -0.3 is 20.3 Å². The molecule has 18 heavy (non-hydrogen) atoms. The second kappa shape index (κ2) is 4.79. The summed E-state index contributed by atoms with van der Waals surface area (Å²) in [6.07, 6.45) is 0. The highest BCUT2D eigenvalue weighted by Crippen LogP contribution is 2.20. The first kappa shape index (κ1) is 12.0. The van der Waals surface area contributed by atoms with Crippen LogP contribution in [0.1, 0.15) is 16.1 Å². The molecule has 94 valence electrons. The number of hydrogen-bond acceptors (Lipinski definition) is 5. The molecule has 2 aromatic rings. The van der Waals surface area contributed by atoms with Gasteiger partial charge in [0.1, 0.15) is 11.5 Å². The minimum absolute atomic E-state index is 0.329. The van der Waals surface area contributed by atoms with E-state index >= 15 is 0 Å². The van der Waals surface area contributed by atoms with Gasteiger partial charge in [-0.25, -0.2) is 0 Å². The molecule has 0 saturated heterocycles. The van der Waals surface area contributed by atoms with Crippen LogP contribution in [0.25, 0.3) is 0 Å². The summed E-state index contributed by atoms with van der Waals surface area (Å²) >= 11 is 0. The summed E-state index contributed by atoms with van der Waals surface area (Å²) < 4.78 is 9.90. The zero-order chi connectivity index (χ0) is 13.1. The third-order valence-electron chi connectivity index (χ3n) is 2.37. The summed E-state index contributed by atoms with van der Waals surface area (Å²) in [7, 11) is 1.52. The molecule has 0 bridgehead atoms. The van der Waals surface area contributed by atoms with Crippen molar-refractivity contribution in [3.8, 4) is 5.75 Å². The number of amides is 1. The molecule has 1 heterocycles. The second-order valence-electron chi connectivity index (χ2n) is 3.73. The number of carbonyl (C=O) groups is 1. The minimum Gasteiger partial charge on any atom is -0.497 e. The maximum Gasteiger partial charge on any atom is 0.259 e.